The van der Waals surface area contributed by atoms with E-state index in [1.165, 1.54) is 0 Å². The smallest absolute Gasteiger partial charge is 0.222 e. The molecule has 0 aromatic rings. The summed E-state index contributed by atoms with van der Waals surface area (Å²) in [5.41, 5.74) is 0.908. The third-order valence-corrected chi connectivity index (χ3v) is 1.24. The predicted octanol–water partition coefficient (Wildman–Crippen LogP) is 1.53. The summed E-state index contributed by atoms with van der Waals surface area (Å²) >= 11 is 0. The predicted molar refractivity (Wildman–Crippen MR) is 45.8 cm³/mol. The molecule has 0 saturated heterocycles. The molecule has 3 nitrogen and oxygen atoms in total. The van der Waals surface area contributed by atoms with Gasteiger partial charge in [-0.05, 0) is 13.0 Å². The number of ether oxygens (including phenoxy) is 1. The first-order valence-electron chi connectivity index (χ1n) is 3.37. The van der Waals surface area contributed by atoms with Crippen molar-refractivity contribution in [3.05, 3.63) is 24.1 Å². The summed E-state index contributed by atoms with van der Waals surface area (Å²) in [6.07, 6.45) is 6.85. The zero-order valence-electron chi connectivity index (χ0n) is 6.61. The van der Waals surface area contributed by atoms with E-state index in [0.717, 1.165) is 5.57 Å². The molecule has 11 heavy (non-hydrogen) atoms. The van der Waals surface area contributed by atoms with E-state index in [4.69, 9.17) is 4.74 Å². The summed E-state index contributed by atoms with van der Waals surface area (Å²) in [4.78, 5) is 7.86. The standard InChI is InChI=1S/C8H10N2O/c1-3-10-6-7-4-5-11-8(7)9-2/h3-6H,1-2H3/b7-6-,9-8?,10-3?. The highest BCUT2D eigenvalue weighted by Gasteiger charge is 2.08. The molecule has 3 heteroatoms. The molecular formula is C8H10N2O. The van der Waals surface area contributed by atoms with Crippen molar-refractivity contribution in [1.29, 1.82) is 0 Å². The lowest BCUT2D eigenvalue weighted by atomic mass is 10.3. The first-order valence-corrected chi connectivity index (χ1v) is 3.37. The van der Waals surface area contributed by atoms with Crippen LogP contribution in [0.15, 0.2) is 34.1 Å². The molecule has 0 aromatic carbocycles. The summed E-state index contributed by atoms with van der Waals surface area (Å²) < 4.78 is 5.04. The zero-order valence-corrected chi connectivity index (χ0v) is 6.61. The van der Waals surface area contributed by atoms with E-state index in [9.17, 15) is 0 Å². The molecule has 0 aromatic heterocycles. The highest BCUT2D eigenvalue weighted by molar-refractivity contribution is 5.98. The Hall–Kier alpha value is -1.38. The quantitative estimate of drug-likeness (QED) is 0.522. The summed E-state index contributed by atoms with van der Waals surface area (Å²) in [6.45, 7) is 1.86. The topological polar surface area (TPSA) is 34.0 Å². The Morgan fingerprint density at radius 1 is 1.55 bits per heavy atom. The van der Waals surface area contributed by atoms with Gasteiger partial charge < -0.3 is 4.74 Å². The molecular weight excluding hydrogens is 140 g/mol. The third kappa shape index (κ3) is 1.77. The van der Waals surface area contributed by atoms with Crippen molar-refractivity contribution < 1.29 is 4.74 Å². The van der Waals surface area contributed by atoms with Gasteiger partial charge in [-0.25, -0.2) is 0 Å². The summed E-state index contributed by atoms with van der Waals surface area (Å²) in [5.74, 6) is 0.621. The Kier molecular flexibility index (Phi) is 2.60. The van der Waals surface area contributed by atoms with Gasteiger partial charge in [0.1, 0.15) is 0 Å². The molecule has 0 atom stereocenters. The van der Waals surface area contributed by atoms with Gasteiger partial charge in [0.15, 0.2) is 0 Å². The monoisotopic (exact) mass is 150 g/mol. The van der Waals surface area contributed by atoms with Crippen LogP contribution in [0.3, 0.4) is 0 Å². The SMILES string of the molecule is CC=N/C=C1/C=COC1=NC. The maximum Gasteiger partial charge on any atom is 0.222 e. The van der Waals surface area contributed by atoms with Crippen LogP contribution in [0.4, 0.5) is 0 Å². The molecule has 0 saturated carbocycles. The largest absolute Gasteiger partial charge is 0.446 e. The van der Waals surface area contributed by atoms with Crippen molar-refractivity contribution >= 4 is 12.1 Å². The Morgan fingerprint density at radius 3 is 3.00 bits per heavy atom. The van der Waals surface area contributed by atoms with E-state index in [0.29, 0.717) is 5.90 Å². The molecule has 0 aliphatic carbocycles. The molecule has 0 unspecified atom stereocenters. The van der Waals surface area contributed by atoms with E-state index in [1.807, 2.05) is 13.0 Å². The Balaban J connectivity index is 2.78. The zero-order chi connectivity index (χ0) is 8.10. The summed E-state index contributed by atoms with van der Waals surface area (Å²) in [6, 6.07) is 0. The average Bonchev–Trinajstić information content (AvgIpc) is 2.47. The van der Waals surface area contributed by atoms with Crippen molar-refractivity contribution in [2.45, 2.75) is 6.92 Å². The second-order valence-corrected chi connectivity index (χ2v) is 1.94. The summed E-state index contributed by atoms with van der Waals surface area (Å²) in [5, 5.41) is 0. The number of hydrogen-bond donors (Lipinski definition) is 0. The number of rotatable bonds is 1. The molecule has 0 radical (unpaired) electrons. The molecule has 1 heterocycles. The Labute approximate surface area is 65.8 Å². The van der Waals surface area contributed by atoms with E-state index < -0.39 is 0 Å². The Bertz CT molecular complexity index is 249. The number of nitrogens with zero attached hydrogens (tertiary/aromatic N) is 2. The molecule has 0 fully saturated rings. The molecule has 58 valence electrons. The van der Waals surface area contributed by atoms with Gasteiger partial charge in [0.05, 0.1) is 11.8 Å². The minimum Gasteiger partial charge on any atom is -0.446 e. The van der Waals surface area contributed by atoms with E-state index in [-0.39, 0.29) is 0 Å². The maximum atomic E-state index is 5.04. The van der Waals surface area contributed by atoms with Crippen molar-refractivity contribution in [3.8, 4) is 0 Å². The van der Waals surface area contributed by atoms with Crippen LogP contribution in [0.2, 0.25) is 0 Å². The van der Waals surface area contributed by atoms with Crippen LogP contribution in [0.5, 0.6) is 0 Å². The van der Waals surface area contributed by atoms with Gasteiger partial charge >= 0.3 is 0 Å². The lowest BCUT2D eigenvalue weighted by Gasteiger charge is -1.93. The highest BCUT2D eigenvalue weighted by Crippen LogP contribution is 2.10. The second-order valence-electron chi connectivity index (χ2n) is 1.94. The van der Waals surface area contributed by atoms with Crippen molar-refractivity contribution in [2.24, 2.45) is 9.98 Å². The third-order valence-electron chi connectivity index (χ3n) is 1.24. The Morgan fingerprint density at radius 2 is 2.36 bits per heavy atom. The first-order chi connectivity index (χ1) is 5.38. The van der Waals surface area contributed by atoms with Crippen molar-refractivity contribution in [1.82, 2.24) is 0 Å². The van der Waals surface area contributed by atoms with Gasteiger partial charge in [0.25, 0.3) is 0 Å². The van der Waals surface area contributed by atoms with Gasteiger partial charge in [-0.1, -0.05) is 0 Å². The van der Waals surface area contributed by atoms with E-state index in [2.05, 4.69) is 9.98 Å². The van der Waals surface area contributed by atoms with Crippen molar-refractivity contribution in [2.75, 3.05) is 7.05 Å². The van der Waals surface area contributed by atoms with Crippen LogP contribution in [0.1, 0.15) is 6.92 Å². The summed E-state index contributed by atoms with van der Waals surface area (Å²) in [7, 11) is 1.69. The molecule has 0 bridgehead atoms. The maximum absolute atomic E-state index is 5.04. The highest BCUT2D eigenvalue weighted by atomic mass is 16.5. The van der Waals surface area contributed by atoms with Gasteiger partial charge in [-0.15, -0.1) is 0 Å². The fraction of sp³-hybridized carbons (Fsp3) is 0.250. The lowest BCUT2D eigenvalue weighted by molar-refractivity contribution is 0.486. The molecule has 0 spiro atoms. The van der Waals surface area contributed by atoms with Gasteiger partial charge in [0.2, 0.25) is 5.90 Å². The average molecular weight is 150 g/mol. The van der Waals surface area contributed by atoms with Gasteiger partial charge in [-0.2, -0.15) is 0 Å². The van der Waals surface area contributed by atoms with Gasteiger partial charge in [-0.3, -0.25) is 9.98 Å². The van der Waals surface area contributed by atoms with Crippen molar-refractivity contribution in [3.63, 3.8) is 0 Å². The van der Waals surface area contributed by atoms with Crippen LogP contribution in [0, 0.1) is 0 Å². The minimum absolute atomic E-state index is 0.621. The molecule has 0 amide bonds. The molecule has 1 rings (SSSR count). The van der Waals surface area contributed by atoms with Crippen LogP contribution in [-0.2, 0) is 4.74 Å². The van der Waals surface area contributed by atoms with Crippen LogP contribution >= 0.6 is 0 Å². The minimum atomic E-state index is 0.621. The normalized spacial score (nSPS) is 23.8. The molecule has 1 aliphatic rings. The first kappa shape index (κ1) is 7.72. The molecule has 0 N–H and O–H groups in total. The number of hydrogen-bond acceptors (Lipinski definition) is 3. The molecule has 1 aliphatic heterocycles. The fourth-order valence-corrected chi connectivity index (χ4v) is 0.746. The number of aliphatic imine (C=N–C) groups is 2. The van der Waals surface area contributed by atoms with Crippen LogP contribution in [0.25, 0.3) is 0 Å². The van der Waals surface area contributed by atoms with E-state index >= 15 is 0 Å². The van der Waals surface area contributed by atoms with E-state index in [1.54, 1.807) is 25.7 Å². The lowest BCUT2D eigenvalue weighted by Crippen LogP contribution is -1.95. The van der Waals surface area contributed by atoms with Crippen LogP contribution < -0.4 is 0 Å². The fourth-order valence-electron chi connectivity index (χ4n) is 0.746. The second kappa shape index (κ2) is 3.71. The van der Waals surface area contributed by atoms with Crippen LogP contribution in [-0.4, -0.2) is 19.2 Å². The van der Waals surface area contributed by atoms with Gasteiger partial charge in [0, 0.05) is 19.5 Å².